The minimum absolute atomic E-state index is 0.747. The van der Waals surface area contributed by atoms with Crippen molar-refractivity contribution in [1.29, 1.82) is 0 Å². The lowest BCUT2D eigenvalue weighted by Gasteiger charge is -2.10. The summed E-state index contributed by atoms with van der Waals surface area (Å²) in [4.78, 5) is 6.63. The minimum atomic E-state index is 0.747. The van der Waals surface area contributed by atoms with E-state index in [1.54, 1.807) is 0 Å². The molecule has 0 N–H and O–H groups in total. The Morgan fingerprint density at radius 1 is 1.20 bits per heavy atom. The van der Waals surface area contributed by atoms with Gasteiger partial charge in [0.2, 0.25) is 0 Å². The number of benzene rings is 1. The Bertz CT molecular complexity index is 577. The van der Waals surface area contributed by atoms with Crippen molar-refractivity contribution in [1.82, 2.24) is 9.88 Å². The molecule has 0 radical (unpaired) electrons. The van der Waals surface area contributed by atoms with Gasteiger partial charge in [-0.2, -0.15) is 0 Å². The van der Waals surface area contributed by atoms with Gasteiger partial charge in [-0.25, -0.2) is 0 Å². The molecule has 0 aliphatic heterocycles. The molecule has 0 aliphatic rings. The molecule has 3 heteroatoms. The number of pyridine rings is 1. The quantitative estimate of drug-likeness (QED) is 0.822. The SMILES string of the molecule is CN(C)CC/C=C(\c1cccc(Cl)c1)c1ccccn1. The number of rotatable bonds is 5. The van der Waals surface area contributed by atoms with Crippen LogP contribution in [0, 0.1) is 0 Å². The number of aromatic nitrogens is 1. The van der Waals surface area contributed by atoms with Crippen LogP contribution in [0.3, 0.4) is 0 Å². The molecule has 2 aromatic rings. The van der Waals surface area contributed by atoms with Gasteiger partial charge in [0.05, 0.1) is 5.69 Å². The molecule has 2 nitrogen and oxygen atoms in total. The molecule has 104 valence electrons. The van der Waals surface area contributed by atoms with Crippen molar-refractivity contribution in [2.24, 2.45) is 0 Å². The van der Waals surface area contributed by atoms with E-state index in [4.69, 9.17) is 11.6 Å². The summed E-state index contributed by atoms with van der Waals surface area (Å²) in [6, 6.07) is 13.9. The predicted molar refractivity (Wildman–Crippen MR) is 85.9 cm³/mol. The molecule has 0 aliphatic carbocycles. The number of nitrogens with zero attached hydrogens (tertiary/aromatic N) is 2. The Labute approximate surface area is 125 Å². The van der Waals surface area contributed by atoms with Gasteiger partial charge in [-0.05, 0) is 50.3 Å². The molecule has 0 amide bonds. The molecule has 0 atom stereocenters. The fraction of sp³-hybridized carbons (Fsp3) is 0.235. The van der Waals surface area contributed by atoms with E-state index >= 15 is 0 Å². The van der Waals surface area contributed by atoms with Gasteiger partial charge in [-0.15, -0.1) is 0 Å². The van der Waals surface area contributed by atoms with Crippen molar-refractivity contribution in [3.63, 3.8) is 0 Å². The average Bonchev–Trinajstić information content (AvgIpc) is 2.44. The van der Waals surface area contributed by atoms with Crippen LogP contribution in [0.2, 0.25) is 5.02 Å². The Hall–Kier alpha value is -1.64. The summed E-state index contributed by atoms with van der Waals surface area (Å²) in [5.74, 6) is 0. The highest BCUT2D eigenvalue weighted by atomic mass is 35.5. The van der Waals surface area contributed by atoms with Crippen LogP contribution >= 0.6 is 11.6 Å². The zero-order valence-corrected chi connectivity index (χ0v) is 12.6. The van der Waals surface area contributed by atoms with Gasteiger partial charge >= 0.3 is 0 Å². The molecular weight excluding hydrogens is 268 g/mol. The maximum absolute atomic E-state index is 6.11. The number of hydrogen-bond acceptors (Lipinski definition) is 2. The lowest BCUT2D eigenvalue weighted by Crippen LogP contribution is -2.12. The third-order valence-electron chi connectivity index (χ3n) is 3.00. The lowest BCUT2D eigenvalue weighted by atomic mass is 10.0. The van der Waals surface area contributed by atoms with Crippen molar-refractivity contribution in [2.45, 2.75) is 6.42 Å². The molecule has 1 aromatic heterocycles. The third-order valence-corrected chi connectivity index (χ3v) is 3.24. The van der Waals surface area contributed by atoms with Gasteiger partial charge in [0, 0.05) is 23.3 Å². The Morgan fingerprint density at radius 2 is 2.05 bits per heavy atom. The van der Waals surface area contributed by atoms with E-state index in [1.807, 2.05) is 42.6 Å². The van der Waals surface area contributed by atoms with Crippen LogP contribution in [0.4, 0.5) is 0 Å². The van der Waals surface area contributed by atoms with Crippen LogP contribution in [0.5, 0.6) is 0 Å². The topological polar surface area (TPSA) is 16.1 Å². The van der Waals surface area contributed by atoms with Gasteiger partial charge in [0.15, 0.2) is 0 Å². The molecule has 0 bridgehead atoms. The molecule has 0 saturated heterocycles. The molecule has 1 heterocycles. The first-order valence-corrected chi connectivity index (χ1v) is 7.07. The van der Waals surface area contributed by atoms with Gasteiger partial charge < -0.3 is 4.90 Å². The van der Waals surface area contributed by atoms with Crippen LogP contribution in [0.15, 0.2) is 54.7 Å². The van der Waals surface area contributed by atoms with Gasteiger partial charge in [-0.1, -0.05) is 35.9 Å². The molecule has 20 heavy (non-hydrogen) atoms. The fourth-order valence-corrected chi connectivity index (χ4v) is 2.21. The highest BCUT2D eigenvalue weighted by Crippen LogP contribution is 2.24. The zero-order valence-electron chi connectivity index (χ0n) is 11.9. The van der Waals surface area contributed by atoms with Crippen molar-refractivity contribution in [3.8, 4) is 0 Å². The van der Waals surface area contributed by atoms with Gasteiger partial charge in [0.25, 0.3) is 0 Å². The first-order chi connectivity index (χ1) is 9.66. The zero-order chi connectivity index (χ0) is 14.4. The van der Waals surface area contributed by atoms with E-state index in [9.17, 15) is 0 Å². The fourth-order valence-electron chi connectivity index (χ4n) is 2.02. The summed E-state index contributed by atoms with van der Waals surface area (Å²) in [6.45, 7) is 1.01. The summed E-state index contributed by atoms with van der Waals surface area (Å²) in [7, 11) is 4.15. The summed E-state index contributed by atoms with van der Waals surface area (Å²) < 4.78 is 0. The van der Waals surface area contributed by atoms with E-state index in [-0.39, 0.29) is 0 Å². The molecule has 0 spiro atoms. The molecule has 0 fully saturated rings. The second-order valence-electron chi connectivity index (χ2n) is 4.94. The number of hydrogen-bond donors (Lipinski definition) is 0. The molecule has 0 saturated carbocycles. The normalized spacial score (nSPS) is 11.9. The summed E-state index contributed by atoms with van der Waals surface area (Å²) in [5.41, 5.74) is 3.22. The summed E-state index contributed by atoms with van der Waals surface area (Å²) >= 11 is 6.11. The Kier molecular flexibility index (Phi) is 5.33. The Balaban J connectivity index is 2.34. The van der Waals surface area contributed by atoms with Crippen LogP contribution in [0.25, 0.3) is 5.57 Å². The van der Waals surface area contributed by atoms with Gasteiger partial charge in [-0.3, -0.25) is 4.98 Å². The van der Waals surface area contributed by atoms with Gasteiger partial charge in [0.1, 0.15) is 0 Å². The monoisotopic (exact) mass is 286 g/mol. The predicted octanol–water partition coefficient (Wildman–Crippen LogP) is 4.12. The molecular formula is C17H19ClN2. The van der Waals surface area contributed by atoms with E-state index in [2.05, 4.69) is 36.1 Å². The van der Waals surface area contributed by atoms with Crippen molar-refractivity contribution in [3.05, 3.63) is 71.0 Å². The molecule has 2 rings (SSSR count). The number of halogens is 1. The average molecular weight is 287 g/mol. The van der Waals surface area contributed by atoms with Crippen LogP contribution in [-0.4, -0.2) is 30.5 Å². The van der Waals surface area contributed by atoms with E-state index < -0.39 is 0 Å². The van der Waals surface area contributed by atoms with Crippen LogP contribution in [0.1, 0.15) is 17.7 Å². The smallest absolute Gasteiger partial charge is 0.0704 e. The highest BCUT2D eigenvalue weighted by molar-refractivity contribution is 6.30. The summed E-state index contributed by atoms with van der Waals surface area (Å²) in [5, 5.41) is 0.747. The minimum Gasteiger partial charge on any atom is -0.309 e. The van der Waals surface area contributed by atoms with Crippen molar-refractivity contribution >= 4 is 17.2 Å². The lowest BCUT2D eigenvalue weighted by molar-refractivity contribution is 0.417. The standard InChI is InChI=1S/C17H19ClN2/c1-20(2)12-6-9-16(17-10-3-4-11-19-17)14-7-5-8-15(18)13-14/h3-5,7-11,13H,6,12H2,1-2H3/b16-9+. The van der Waals surface area contributed by atoms with Crippen molar-refractivity contribution < 1.29 is 0 Å². The maximum Gasteiger partial charge on any atom is 0.0704 e. The first-order valence-electron chi connectivity index (χ1n) is 6.69. The maximum atomic E-state index is 6.11. The molecule has 0 unspecified atom stereocenters. The molecule has 1 aromatic carbocycles. The van der Waals surface area contributed by atoms with Crippen LogP contribution < -0.4 is 0 Å². The van der Waals surface area contributed by atoms with Crippen molar-refractivity contribution in [2.75, 3.05) is 20.6 Å². The Morgan fingerprint density at radius 3 is 2.70 bits per heavy atom. The third kappa shape index (κ3) is 4.19. The van der Waals surface area contributed by atoms with E-state index in [1.165, 1.54) is 0 Å². The summed E-state index contributed by atoms with van der Waals surface area (Å²) in [6.07, 6.45) is 5.03. The van der Waals surface area contributed by atoms with E-state index in [0.717, 1.165) is 34.8 Å². The second-order valence-corrected chi connectivity index (χ2v) is 5.37. The first kappa shape index (κ1) is 14.8. The van der Waals surface area contributed by atoms with Crippen LogP contribution in [-0.2, 0) is 0 Å². The second kappa shape index (κ2) is 7.22. The van der Waals surface area contributed by atoms with E-state index in [0.29, 0.717) is 0 Å². The highest BCUT2D eigenvalue weighted by Gasteiger charge is 2.06. The largest absolute Gasteiger partial charge is 0.309 e.